The zero-order chi connectivity index (χ0) is 14.7. The van der Waals surface area contributed by atoms with Gasteiger partial charge in [0.25, 0.3) is 0 Å². The van der Waals surface area contributed by atoms with Crippen LogP contribution in [0.1, 0.15) is 30.9 Å². The van der Waals surface area contributed by atoms with Crippen LogP contribution in [0.5, 0.6) is 11.5 Å². The number of benzene rings is 2. The molecule has 2 aromatic carbocycles. The third kappa shape index (κ3) is 2.61. The van der Waals surface area contributed by atoms with Crippen LogP contribution in [0.4, 0.5) is 0 Å². The minimum absolute atomic E-state index is 0.508. The number of nitrogens with two attached hydrogens (primary N) is 1. The highest BCUT2D eigenvalue weighted by molar-refractivity contribution is 5.48. The predicted octanol–water partition coefficient (Wildman–Crippen LogP) is 3.46. The summed E-state index contributed by atoms with van der Waals surface area (Å²) in [5.74, 6) is 1.60. The third-order valence-corrected chi connectivity index (χ3v) is 4.11. The van der Waals surface area contributed by atoms with E-state index in [2.05, 4.69) is 19.1 Å². The molecule has 1 unspecified atom stereocenters. The molecule has 3 rings (SSSR count). The van der Waals surface area contributed by atoms with Crippen molar-refractivity contribution in [3.05, 3.63) is 59.7 Å². The molecule has 0 aromatic heterocycles. The summed E-state index contributed by atoms with van der Waals surface area (Å²) in [5, 5.41) is 0. The summed E-state index contributed by atoms with van der Waals surface area (Å²) >= 11 is 0. The lowest BCUT2D eigenvalue weighted by Gasteiger charge is -2.30. The Labute approximate surface area is 125 Å². The summed E-state index contributed by atoms with van der Waals surface area (Å²) < 4.78 is 11.5. The van der Waals surface area contributed by atoms with Crippen LogP contribution in [-0.4, -0.2) is 13.2 Å². The van der Waals surface area contributed by atoms with Crippen LogP contribution in [0.3, 0.4) is 0 Å². The molecule has 0 fully saturated rings. The van der Waals surface area contributed by atoms with E-state index >= 15 is 0 Å². The van der Waals surface area contributed by atoms with Crippen molar-refractivity contribution in [2.75, 3.05) is 13.2 Å². The van der Waals surface area contributed by atoms with Crippen molar-refractivity contribution in [3.8, 4) is 11.5 Å². The molecule has 21 heavy (non-hydrogen) atoms. The quantitative estimate of drug-likeness (QED) is 0.938. The van der Waals surface area contributed by atoms with Gasteiger partial charge in [-0.25, -0.2) is 0 Å². The molecule has 3 heteroatoms. The lowest BCUT2D eigenvalue weighted by molar-refractivity contribution is 0.297. The van der Waals surface area contributed by atoms with Crippen LogP contribution < -0.4 is 15.2 Å². The van der Waals surface area contributed by atoms with E-state index in [0.717, 1.165) is 35.5 Å². The van der Waals surface area contributed by atoms with Crippen molar-refractivity contribution in [3.63, 3.8) is 0 Å². The summed E-state index contributed by atoms with van der Waals surface area (Å²) in [5.41, 5.74) is 8.38. The Balaban J connectivity index is 2.03. The van der Waals surface area contributed by atoms with Gasteiger partial charge in [0.05, 0.1) is 18.8 Å². The first-order valence-corrected chi connectivity index (χ1v) is 7.48. The van der Waals surface area contributed by atoms with Crippen molar-refractivity contribution in [1.29, 1.82) is 0 Å². The first-order valence-electron chi connectivity index (χ1n) is 7.48. The third-order valence-electron chi connectivity index (χ3n) is 4.11. The second kappa shape index (κ2) is 5.78. The second-order valence-electron chi connectivity index (χ2n) is 5.40. The van der Waals surface area contributed by atoms with Crippen LogP contribution in [0.2, 0.25) is 0 Å². The average Bonchev–Trinajstić information content (AvgIpc) is 2.79. The molecule has 0 aliphatic carbocycles. The molecule has 0 spiro atoms. The molecule has 0 saturated heterocycles. The van der Waals surface area contributed by atoms with E-state index < -0.39 is 5.54 Å². The minimum atomic E-state index is -0.508. The van der Waals surface area contributed by atoms with Gasteiger partial charge in [0.1, 0.15) is 0 Å². The van der Waals surface area contributed by atoms with Crippen LogP contribution in [0, 0.1) is 0 Å². The van der Waals surface area contributed by atoms with E-state index in [1.54, 1.807) is 0 Å². The van der Waals surface area contributed by atoms with Gasteiger partial charge < -0.3 is 15.2 Å². The lowest BCUT2D eigenvalue weighted by atomic mass is 9.81. The van der Waals surface area contributed by atoms with Crippen LogP contribution >= 0.6 is 0 Å². The van der Waals surface area contributed by atoms with Gasteiger partial charge in [0, 0.05) is 6.42 Å². The molecule has 1 aliphatic heterocycles. The molecule has 110 valence electrons. The van der Waals surface area contributed by atoms with Gasteiger partial charge in [-0.3, -0.25) is 0 Å². The van der Waals surface area contributed by atoms with E-state index in [1.807, 2.05) is 36.4 Å². The molecule has 0 amide bonds. The fourth-order valence-electron chi connectivity index (χ4n) is 2.75. The highest BCUT2D eigenvalue weighted by atomic mass is 16.5. The van der Waals surface area contributed by atoms with Crippen molar-refractivity contribution in [1.82, 2.24) is 0 Å². The van der Waals surface area contributed by atoms with Gasteiger partial charge in [-0.1, -0.05) is 43.3 Å². The maximum Gasteiger partial charge on any atom is 0.161 e. The standard InChI is InChI=1S/C18H21NO2/c1-2-18(19,14-7-4-3-5-8-14)15-9-10-16-17(13-15)21-12-6-11-20-16/h3-5,7-10,13H,2,6,11-12,19H2,1H3. The molecule has 1 aliphatic rings. The van der Waals surface area contributed by atoms with Crippen LogP contribution in [0.15, 0.2) is 48.5 Å². The molecule has 3 nitrogen and oxygen atoms in total. The fraction of sp³-hybridized carbons (Fsp3) is 0.333. The van der Waals surface area contributed by atoms with Gasteiger partial charge in [-0.2, -0.15) is 0 Å². The zero-order valence-electron chi connectivity index (χ0n) is 12.3. The zero-order valence-corrected chi connectivity index (χ0v) is 12.3. The summed E-state index contributed by atoms with van der Waals surface area (Å²) in [6.07, 6.45) is 1.72. The van der Waals surface area contributed by atoms with Gasteiger partial charge in [-0.05, 0) is 29.7 Å². The Morgan fingerprint density at radius 3 is 2.38 bits per heavy atom. The lowest BCUT2D eigenvalue weighted by Crippen LogP contribution is -2.37. The highest BCUT2D eigenvalue weighted by Gasteiger charge is 2.28. The van der Waals surface area contributed by atoms with E-state index in [-0.39, 0.29) is 0 Å². The minimum Gasteiger partial charge on any atom is -0.490 e. The van der Waals surface area contributed by atoms with Crippen molar-refractivity contribution in [2.24, 2.45) is 5.73 Å². The number of fused-ring (bicyclic) bond motifs is 1. The first kappa shape index (κ1) is 14.0. The highest BCUT2D eigenvalue weighted by Crippen LogP contribution is 2.37. The number of hydrogen-bond donors (Lipinski definition) is 1. The Kier molecular flexibility index (Phi) is 3.84. The fourth-order valence-corrected chi connectivity index (χ4v) is 2.75. The van der Waals surface area contributed by atoms with E-state index in [4.69, 9.17) is 15.2 Å². The number of ether oxygens (including phenoxy) is 2. The summed E-state index contributed by atoms with van der Waals surface area (Å²) in [6.45, 7) is 3.49. The van der Waals surface area contributed by atoms with Gasteiger partial charge >= 0.3 is 0 Å². The maximum atomic E-state index is 6.72. The van der Waals surface area contributed by atoms with E-state index in [9.17, 15) is 0 Å². The average molecular weight is 283 g/mol. The Morgan fingerprint density at radius 1 is 0.952 bits per heavy atom. The smallest absolute Gasteiger partial charge is 0.161 e. The molecule has 0 radical (unpaired) electrons. The topological polar surface area (TPSA) is 44.5 Å². The van der Waals surface area contributed by atoms with E-state index in [0.29, 0.717) is 13.2 Å². The van der Waals surface area contributed by atoms with Gasteiger partial charge in [-0.15, -0.1) is 0 Å². The molecule has 2 aromatic rings. The van der Waals surface area contributed by atoms with Crippen molar-refractivity contribution >= 4 is 0 Å². The largest absolute Gasteiger partial charge is 0.490 e. The number of hydrogen-bond acceptors (Lipinski definition) is 3. The molecule has 1 atom stereocenters. The molecular formula is C18H21NO2. The Hall–Kier alpha value is -2.00. The number of rotatable bonds is 3. The second-order valence-corrected chi connectivity index (χ2v) is 5.40. The van der Waals surface area contributed by atoms with Crippen LogP contribution in [0.25, 0.3) is 0 Å². The van der Waals surface area contributed by atoms with E-state index in [1.165, 1.54) is 0 Å². The van der Waals surface area contributed by atoms with Gasteiger partial charge in [0.15, 0.2) is 11.5 Å². The summed E-state index contributed by atoms with van der Waals surface area (Å²) in [4.78, 5) is 0. The molecular weight excluding hydrogens is 262 g/mol. The molecule has 1 heterocycles. The summed E-state index contributed by atoms with van der Waals surface area (Å²) in [7, 11) is 0. The van der Waals surface area contributed by atoms with Gasteiger partial charge in [0.2, 0.25) is 0 Å². The molecule has 0 saturated carbocycles. The normalized spacial score (nSPS) is 16.9. The molecule has 2 N–H and O–H groups in total. The van der Waals surface area contributed by atoms with Crippen molar-refractivity contribution < 1.29 is 9.47 Å². The molecule has 0 bridgehead atoms. The maximum absolute atomic E-state index is 6.72. The van der Waals surface area contributed by atoms with Crippen molar-refractivity contribution in [2.45, 2.75) is 25.3 Å². The summed E-state index contributed by atoms with van der Waals surface area (Å²) in [6, 6.07) is 16.2. The predicted molar refractivity (Wildman–Crippen MR) is 83.7 cm³/mol. The first-order chi connectivity index (χ1) is 10.2. The SMILES string of the molecule is CCC(N)(c1ccccc1)c1ccc2c(c1)OCCCO2. The monoisotopic (exact) mass is 283 g/mol. The Morgan fingerprint density at radius 2 is 1.67 bits per heavy atom. The van der Waals surface area contributed by atoms with Crippen LogP contribution in [-0.2, 0) is 5.54 Å². The Bertz CT molecular complexity index is 612.